The zero-order valence-electron chi connectivity index (χ0n) is 23.5. The first-order valence-electron chi connectivity index (χ1n) is 11.5. The first kappa shape index (κ1) is 37.5. The summed E-state index contributed by atoms with van der Waals surface area (Å²) in [5.41, 5.74) is 3.43. The van der Waals surface area contributed by atoms with E-state index in [0.29, 0.717) is 0 Å². The minimum absolute atomic E-state index is 0. The standard InChI is InChI=1S/C14H17NO4.C9H11NO.C5H8O4.CH4/c1-15(2)11-7-5-10(6-8-11)9-12(13(16)18-3)14(17)19-4;1-10(2)9-5-3-8(7-11)4-6-9;1-8-4(6)3-5(7)9-2;/h5-9H,1-4H3;3-7H,1-2H3;3H2,1-2H3;1H4. The fraction of sp³-hybridized carbons (Fsp3) is 0.345. The SMILES string of the molecule is C.CN(C)c1ccc(C=O)cc1.COC(=O)C(=Cc1ccc(N(C)C)cc1)C(=O)OC.COC(=O)CC(=O)OC. The number of hydrogen-bond donors (Lipinski definition) is 0. The largest absolute Gasteiger partial charge is 0.469 e. The molecule has 0 heterocycles. The molecular weight excluding hydrogens is 520 g/mol. The zero-order valence-corrected chi connectivity index (χ0v) is 23.5. The molecule has 0 aliphatic carbocycles. The number of ether oxygens (including phenoxy) is 4. The molecule has 0 unspecified atom stereocenters. The Labute approximate surface area is 236 Å². The van der Waals surface area contributed by atoms with Crippen LogP contribution < -0.4 is 9.80 Å². The van der Waals surface area contributed by atoms with Crippen molar-refractivity contribution in [2.24, 2.45) is 0 Å². The molecule has 0 spiro atoms. The van der Waals surface area contributed by atoms with Gasteiger partial charge in [-0.15, -0.1) is 0 Å². The number of esters is 4. The van der Waals surface area contributed by atoms with Crippen molar-refractivity contribution in [3.8, 4) is 0 Å². The second kappa shape index (κ2) is 20.3. The summed E-state index contributed by atoms with van der Waals surface area (Å²) < 4.78 is 17.5. The smallest absolute Gasteiger partial charge is 0.345 e. The highest BCUT2D eigenvalue weighted by molar-refractivity contribution is 6.17. The van der Waals surface area contributed by atoms with E-state index in [1.807, 2.05) is 74.4 Å². The van der Waals surface area contributed by atoms with Gasteiger partial charge in [-0.25, -0.2) is 9.59 Å². The van der Waals surface area contributed by atoms with Gasteiger partial charge in [0.2, 0.25) is 0 Å². The maximum Gasteiger partial charge on any atom is 0.345 e. The van der Waals surface area contributed by atoms with Crippen LogP contribution in [0.15, 0.2) is 54.1 Å². The van der Waals surface area contributed by atoms with Crippen LogP contribution in [-0.4, -0.2) is 86.8 Å². The van der Waals surface area contributed by atoms with E-state index in [1.165, 1.54) is 34.5 Å². The van der Waals surface area contributed by atoms with Crippen molar-refractivity contribution in [3.05, 3.63) is 65.2 Å². The van der Waals surface area contributed by atoms with Crippen LogP contribution in [-0.2, 0) is 38.1 Å². The van der Waals surface area contributed by atoms with Crippen LogP contribution in [0.25, 0.3) is 6.08 Å². The highest BCUT2D eigenvalue weighted by Gasteiger charge is 2.19. The van der Waals surface area contributed by atoms with Gasteiger partial charge >= 0.3 is 23.9 Å². The second-order valence-corrected chi connectivity index (χ2v) is 7.96. The van der Waals surface area contributed by atoms with Gasteiger partial charge in [0, 0.05) is 45.1 Å². The van der Waals surface area contributed by atoms with Crippen LogP contribution in [0.2, 0.25) is 0 Å². The van der Waals surface area contributed by atoms with Crippen molar-refractivity contribution in [2.75, 3.05) is 66.4 Å². The average Bonchev–Trinajstić information content (AvgIpc) is 2.95. The summed E-state index contributed by atoms with van der Waals surface area (Å²) in [5, 5.41) is 0. The fourth-order valence-electron chi connectivity index (χ4n) is 2.57. The summed E-state index contributed by atoms with van der Waals surface area (Å²) in [5.74, 6) is -2.60. The molecule has 0 amide bonds. The Bertz CT molecular complexity index is 1080. The lowest BCUT2D eigenvalue weighted by atomic mass is 10.1. The molecule has 40 heavy (non-hydrogen) atoms. The van der Waals surface area contributed by atoms with Gasteiger partial charge < -0.3 is 28.7 Å². The molecule has 0 aromatic heterocycles. The van der Waals surface area contributed by atoms with Crippen LogP contribution in [0, 0.1) is 0 Å². The van der Waals surface area contributed by atoms with Crippen molar-refractivity contribution in [3.63, 3.8) is 0 Å². The monoisotopic (exact) mass is 560 g/mol. The van der Waals surface area contributed by atoms with E-state index < -0.39 is 23.9 Å². The molecule has 0 aliphatic heterocycles. The lowest BCUT2D eigenvalue weighted by Gasteiger charge is -2.12. The van der Waals surface area contributed by atoms with Gasteiger partial charge in [0.1, 0.15) is 18.3 Å². The summed E-state index contributed by atoms with van der Waals surface area (Å²) in [6.07, 6.45) is 1.98. The highest BCUT2D eigenvalue weighted by atomic mass is 16.5. The van der Waals surface area contributed by atoms with Crippen molar-refractivity contribution >= 4 is 47.6 Å². The van der Waals surface area contributed by atoms with Gasteiger partial charge in [-0.2, -0.15) is 0 Å². The Kier molecular flexibility index (Phi) is 19.0. The highest BCUT2D eigenvalue weighted by Crippen LogP contribution is 2.15. The Morgan fingerprint density at radius 2 is 0.975 bits per heavy atom. The van der Waals surface area contributed by atoms with Crippen LogP contribution >= 0.6 is 0 Å². The molecule has 0 saturated carbocycles. The molecule has 11 heteroatoms. The molecular formula is C29H40N2O9. The number of hydrogen-bond acceptors (Lipinski definition) is 11. The minimum atomic E-state index is -0.719. The predicted octanol–water partition coefficient (Wildman–Crippen LogP) is 3.41. The molecule has 0 bridgehead atoms. The number of anilines is 2. The van der Waals surface area contributed by atoms with E-state index in [2.05, 4.69) is 18.9 Å². The van der Waals surface area contributed by atoms with Gasteiger partial charge in [0.25, 0.3) is 0 Å². The van der Waals surface area contributed by atoms with Crippen molar-refractivity contribution < 1.29 is 42.9 Å². The topological polar surface area (TPSA) is 129 Å². The minimum Gasteiger partial charge on any atom is -0.469 e. The maximum absolute atomic E-state index is 11.5. The fourth-order valence-corrected chi connectivity index (χ4v) is 2.57. The van der Waals surface area contributed by atoms with Crippen molar-refractivity contribution in [1.29, 1.82) is 0 Å². The van der Waals surface area contributed by atoms with E-state index in [4.69, 9.17) is 0 Å². The Morgan fingerprint density at radius 1 is 0.625 bits per heavy atom. The molecule has 0 N–H and O–H groups in total. The average molecular weight is 561 g/mol. The lowest BCUT2D eigenvalue weighted by Crippen LogP contribution is -2.15. The number of methoxy groups -OCH3 is 4. The molecule has 220 valence electrons. The van der Waals surface area contributed by atoms with E-state index in [0.717, 1.165) is 28.8 Å². The zero-order chi connectivity index (χ0) is 30.0. The van der Waals surface area contributed by atoms with Crippen LogP contribution in [0.4, 0.5) is 11.4 Å². The summed E-state index contributed by atoms with van der Waals surface area (Å²) >= 11 is 0. The van der Waals surface area contributed by atoms with Gasteiger partial charge in [0.15, 0.2) is 0 Å². The van der Waals surface area contributed by atoms with E-state index in [9.17, 15) is 24.0 Å². The van der Waals surface area contributed by atoms with Crippen LogP contribution in [0.5, 0.6) is 0 Å². The van der Waals surface area contributed by atoms with E-state index in [1.54, 1.807) is 12.1 Å². The number of aldehydes is 1. The summed E-state index contributed by atoms with van der Waals surface area (Å²) in [4.78, 5) is 57.7. The third-order valence-corrected chi connectivity index (χ3v) is 4.82. The van der Waals surface area contributed by atoms with Crippen molar-refractivity contribution in [1.82, 2.24) is 0 Å². The molecule has 11 nitrogen and oxygen atoms in total. The van der Waals surface area contributed by atoms with Gasteiger partial charge in [0.05, 0.1) is 28.4 Å². The predicted molar refractivity (Wildman–Crippen MR) is 154 cm³/mol. The molecule has 0 radical (unpaired) electrons. The first-order valence-corrected chi connectivity index (χ1v) is 11.5. The van der Waals surface area contributed by atoms with Gasteiger partial charge in [-0.1, -0.05) is 19.6 Å². The first-order chi connectivity index (χ1) is 18.4. The number of nitrogens with zero attached hydrogens (tertiary/aromatic N) is 2. The van der Waals surface area contributed by atoms with Crippen molar-refractivity contribution in [2.45, 2.75) is 13.8 Å². The summed E-state index contributed by atoms with van der Waals surface area (Å²) in [6.45, 7) is 0. The molecule has 0 saturated heterocycles. The van der Waals surface area contributed by atoms with E-state index in [-0.39, 0.29) is 19.4 Å². The second-order valence-electron chi connectivity index (χ2n) is 7.96. The van der Waals surface area contributed by atoms with Gasteiger partial charge in [-0.05, 0) is 48.0 Å². The van der Waals surface area contributed by atoms with Gasteiger partial charge in [-0.3, -0.25) is 14.4 Å². The van der Waals surface area contributed by atoms with Crippen LogP contribution in [0.3, 0.4) is 0 Å². The number of carbonyl (C=O) groups excluding carboxylic acids is 5. The molecule has 0 atom stereocenters. The number of carbonyl (C=O) groups is 5. The maximum atomic E-state index is 11.5. The third-order valence-electron chi connectivity index (χ3n) is 4.82. The molecule has 2 aromatic carbocycles. The van der Waals surface area contributed by atoms with Crippen LogP contribution in [0.1, 0.15) is 29.8 Å². The number of rotatable bonds is 8. The van der Waals surface area contributed by atoms with E-state index >= 15 is 0 Å². The number of benzene rings is 2. The molecule has 0 fully saturated rings. The molecule has 2 rings (SSSR count). The third kappa shape index (κ3) is 14.3. The Hall–Kier alpha value is -4.67. The molecule has 0 aliphatic rings. The Balaban J connectivity index is 0. The Morgan fingerprint density at radius 3 is 1.25 bits per heavy atom. The quantitative estimate of drug-likeness (QED) is 0.118. The summed E-state index contributed by atoms with van der Waals surface area (Å²) in [7, 11) is 12.7. The normalized spacial score (nSPS) is 8.90. The molecule has 2 aromatic rings. The lowest BCUT2D eigenvalue weighted by molar-refractivity contribution is -0.151. The summed E-state index contributed by atoms with van der Waals surface area (Å²) in [6, 6.07) is 14.8.